The largest absolute Gasteiger partial charge is 0.352 e. The molecule has 2 heterocycles. The van der Waals surface area contributed by atoms with E-state index in [2.05, 4.69) is 15.5 Å². The number of carbonyl (C=O) groups is 1. The van der Waals surface area contributed by atoms with Crippen LogP contribution in [0.4, 0.5) is 0 Å². The van der Waals surface area contributed by atoms with E-state index in [1.54, 1.807) is 11.6 Å². The lowest BCUT2D eigenvalue weighted by Crippen LogP contribution is -2.42. The van der Waals surface area contributed by atoms with Crippen molar-refractivity contribution in [2.24, 2.45) is 0 Å². The predicted molar refractivity (Wildman–Crippen MR) is 112 cm³/mol. The number of aryl methyl sites for hydroxylation is 2. The minimum Gasteiger partial charge on any atom is -0.352 e. The number of rotatable bonds is 4. The van der Waals surface area contributed by atoms with Crippen molar-refractivity contribution in [3.05, 3.63) is 52.1 Å². The smallest absolute Gasteiger partial charge is 0.278 e. The zero-order valence-corrected chi connectivity index (χ0v) is 17.2. The number of carbonyl (C=O) groups excluding carboxylic acids is 1. The van der Waals surface area contributed by atoms with Gasteiger partial charge in [0, 0.05) is 6.04 Å². The molecule has 0 spiro atoms. The van der Waals surface area contributed by atoms with Gasteiger partial charge in [0.05, 0.1) is 22.5 Å². The molecule has 152 valence electrons. The highest BCUT2D eigenvalue weighted by molar-refractivity contribution is 5.84. The van der Waals surface area contributed by atoms with Crippen LogP contribution in [0.3, 0.4) is 0 Å². The molecule has 0 bridgehead atoms. The van der Waals surface area contributed by atoms with Gasteiger partial charge in [-0.3, -0.25) is 9.59 Å². The molecule has 1 aliphatic rings. The molecule has 29 heavy (non-hydrogen) atoms. The van der Waals surface area contributed by atoms with E-state index in [-0.39, 0.29) is 17.5 Å². The Bertz CT molecular complexity index is 1090. The van der Waals surface area contributed by atoms with Crippen molar-refractivity contribution in [3.63, 3.8) is 0 Å². The van der Waals surface area contributed by atoms with E-state index in [1.165, 1.54) is 11.1 Å². The van der Waals surface area contributed by atoms with Gasteiger partial charge in [-0.15, -0.1) is 0 Å². The number of nitrogens with zero attached hydrogens (tertiary/aromatic N) is 4. The SMILES string of the molecule is Cc1nn(C(C)C(=O)NC2CCCCC2)c(=O)c2c(C)n(-c3ccccc3)nc12. The zero-order valence-electron chi connectivity index (χ0n) is 17.2. The van der Waals surface area contributed by atoms with Gasteiger partial charge in [-0.25, -0.2) is 9.36 Å². The molecular formula is C22H27N5O2. The Labute approximate surface area is 169 Å². The van der Waals surface area contributed by atoms with Crippen LogP contribution in [-0.4, -0.2) is 31.5 Å². The van der Waals surface area contributed by atoms with Crippen LogP contribution in [0.1, 0.15) is 56.5 Å². The second-order valence-corrected chi connectivity index (χ2v) is 7.91. The first kappa shape index (κ1) is 19.4. The maximum absolute atomic E-state index is 13.3. The number of hydrogen-bond donors (Lipinski definition) is 1. The summed E-state index contributed by atoms with van der Waals surface area (Å²) in [7, 11) is 0. The van der Waals surface area contributed by atoms with Crippen LogP contribution in [0.5, 0.6) is 0 Å². The summed E-state index contributed by atoms with van der Waals surface area (Å²) in [6.45, 7) is 5.43. The molecule has 7 nitrogen and oxygen atoms in total. The van der Waals surface area contributed by atoms with E-state index in [4.69, 9.17) is 0 Å². The Morgan fingerprint density at radius 3 is 2.48 bits per heavy atom. The number of hydrogen-bond acceptors (Lipinski definition) is 4. The molecule has 1 atom stereocenters. The minimum atomic E-state index is -0.674. The van der Waals surface area contributed by atoms with Crippen molar-refractivity contribution in [2.45, 2.75) is 65.0 Å². The highest BCUT2D eigenvalue weighted by Gasteiger charge is 2.25. The van der Waals surface area contributed by atoms with E-state index < -0.39 is 6.04 Å². The maximum atomic E-state index is 13.3. The number of para-hydroxylation sites is 1. The van der Waals surface area contributed by atoms with E-state index in [9.17, 15) is 9.59 Å². The first-order valence-corrected chi connectivity index (χ1v) is 10.3. The molecule has 1 N–H and O–H groups in total. The summed E-state index contributed by atoms with van der Waals surface area (Å²) in [6.07, 6.45) is 5.51. The highest BCUT2D eigenvalue weighted by atomic mass is 16.2. The second kappa shape index (κ2) is 7.81. The van der Waals surface area contributed by atoms with Crippen molar-refractivity contribution in [3.8, 4) is 5.69 Å². The summed E-state index contributed by atoms with van der Waals surface area (Å²) in [5, 5.41) is 12.7. The van der Waals surface area contributed by atoms with Gasteiger partial charge in [-0.1, -0.05) is 37.5 Å². The molecule has 0 aliphatic heterocycles. The molecular weight excluding hydrogens is 366 g/mol. The van der Waals surface area contributed by atoms with E-state index in [1.807, 2.05) is 44.2 Å². The van der Waals surface area contributed by atoms with Gasteiger partial charge in [0.1, 0.15) is 11.6 Å². The van der Waals surface area contributed by atoms with Gasteiger partial charge in [0.2, 0.25) is 5.91 Å². The van der Waals surface area contributed by atoms with Gasteiger partial charge < -0.3 is 5.32 Å². The van der Waals surface area contributed by atoms with Crippen LogP contribution in [0, 0.1) is 13.8 Å². The summed E-state index contributed by atoms with van der Waals surface area (Å²) in [5.74, 6) is -0.154. The van der Waals surface area contributed by atoms with Crippen molar-refractivity contribution < 1.29 is 4.79 Å². The fourth-order valence-corrected chi connectivity index (χ4v) is 4.14. The fraction of sp³-hybridized carbons (Fsp3) is 0.455. The van der Waals surface area contributed by atoms with E-state index in [0.29, 0.717) is 16.6 Å². The standard InChI is InChI=1S/C22H27N5O2/c1-14-20-19(15(2)26(25-20)18-12-8-5-9-13-18)22(29)27(24-14)16(3)21(28)23-17-10-6-4-7-11-17/h5,8-9,12-13,16-17H,4,6-7,10-11H2,1-3H3,(H,23,28). The number of aromatic nitrogens is 4. The molecule has 0 radical (unpaired) electrons. The van der Waals surface area contributed by atoms with Crippen molar-refractivity contribution in [2.75, 3.05) is 0 Å². The van der Waals surface area contributed by atoms with Crippen molar-refractivity contribution in [1.29, 1.82) is 0 Å². The lowest BCUT2D eigenvalue weighted by molar-refractivity contribution is -0.125. The summed E-state index contributed by atoms with van der Waals surface area (Å²) in [4.78, 5) is 26.0. The molecule has 7 heteroatoms. The monoisotopic (exact) mass is 393 g/mol. The van der Waals surface area contributed by atoms with Gasteiger partial charge in [-0.05, 0) is 45.7 Å². The number of fused-ring (bicyclic) bond motifs is 1. The van der Waals surface area contributed by atoms with Gasteiger partial charge in [0.25, 0.3) is 5.56 Å². The summed E-state index contributed by atoms with van der Waals surface area (Å²) < 4.78 is 3.07. The second-order valence-electron chi connectivity index (χ2n) is 7.91. The zero-order chi connectivity index (χ0) is 20.5. The average Bonchev–Trinajstić information content (AvgIpc) is 3.09. The average molecular weight is 393 g/mol. The Hall–Kier alpha value is -2.96. The highest BCUT2D eigenvalue weighted by Crippen LogP contribution is 2.21. The molecule has 4 rings (SSSR count). The molecule has 1 saturated carbocycles. The Kier molecular flexibility index (Phi) is 5.22. The Morgan fingerprint density at radius 1 is 1.10 bits per heavy atom. The number of benzene rings is 1. The Morgan fingerprint density at radius 2 is 1.79 bits per heavy atom. The predicted octanol–water partition coefficient (Wildman–Crippen LogP) is 3.21. The van der Waals surface area contributed by atoms with Crippen LogP contribution in [0.25, 0.3) is 16.6 Å². The van der Waals surface area contributed by atoms with Gasteiger partial charge in [-0.2, -0.15) is 10.2 Å². The van der Waals surface area contributed by atoms with Gasteiger partial charge in [0.15, 0.2) is 0 Å². The van der Waals surface area contributed by atoms with Crippen molar-refractivity contribution >= 4 is 16.8 Å². The first-order valence-electron chi connectivity index (χ1n) is 10.3. The van der Waals surface area contributed by atoms with Crippen LogP contribution in [0.15, 0.2) is 35.1 Å². The molecule has 3 aromatic rings. The minimum absolute atomic E-state index is 0.154. The van der Waals surface area contributed by atoms with Crippen LogP contribution >= 0.6 is 0 Å². The summed E-state index contributed by atoms with van der Waals surface area (Å²) in [5.41, 5.74) is 2.56. The molecule has 1 aliphatic carbocycles. The molecule has 1 unspecified atom stereocenters. The van der Waals surface area contributed by atoms with Crippen molar-refractivity contribution in [1.82, 2.24) is 24.9 Å². The van der Waals surface area contributed by atoms with E-state index in [0.717, 1.165) is 37.1 Å². The van der Waals surface area contributed by atoms with Gasteiger partial charge >= 0.3 is 0 Å². The molecule has 1 amide bonds. The fourth-order valence-electron chi connectivity index (χ4n) is 4.14. The molecule has 1 fully saturated rings. The third-order valence-corrected chi connectivity index (χ3v) is 5.84. The first-order chi connectivity index (χ1) is 14.0. The van der Waals surface area contributed by atoms with E-state index >= 15 is 0 Å². The number of amides is 1. The third-order valence-electron chi connectivity index (χ3n) is 5.84. The third kappa shape index (κ3) is 3.57. The molecule has 2 aromatic heterocycles. The normalized spacial score (nSPS) is 16.1. The van der Waals surface area contributed by atoms with Crippen LogP contribution in [-0.2, 0) is 4.79 Å². The van der Waals surface area contributed by atoms with Crippen LogP contribution < -0.4 is 10.9 Å². The van der Waals surface area contributed by atoms with Crippen LogP contribution in [0.2, 0.25) is 0 Å². The Balaban J connectivity index is 1.72. The quantitative estimate of drug-likeness (QED) is 0.738. The maximum Gasteiger partial charge on any atom is 0.278 e. The lowest BCUT2D eigenvalue weighted by Gasteiger charge is -2.24. The summed E-state index contributed by atoms with van der Waals surface area (Å²) in [6, 6.07) is 9.22. The summed E-state index contributed by atoms with van der Waals surface area (Å²) >= 11 is 0. The number of nitrogens with one attached hydrogen (secondary N) is 1. The molecule has 0 saturated heterocycles. The lowest BCUT2D eigenvalue weighted by atomic mass is 9.95. The topological polar surface area (TPSA) is 81.8 Å². The molecule has 1 aromatic carbocycles.